The van der Waals surface area contributed by atoms with E-state index < -0.39 is 0 Å². The fourth-order valence-electron chi connectivity index (χ4n) is 7.27. The van der Waals surface area contributed by atoms with E-state index in [0.717, 1.165) is 38.8 Å². The van der Waals surface area contributed by atoms with Gasteiger partial charge in [-0.25, -0.2) is 9.97 Å². The first-order valence-electron chi connectivity index (χ1n) is 16.0. The molecule has 0 spiro atoms. The zero-order chi connectivity index (χ0) is 30.9. The van der Waals surface area contributed by atoms with Gasteiger partial charge in [-0.2, -0.15) is 0 Å². The zero-order valence-electron chi connectivity index (χ0n) is 25.4. The van der Waals surface area contributed by atoms with Crippen LogP contribution in [0.3, 0.4) is 0 Å². The van der Waals surface area contributed by atoms with Crippen LogP contribution in [-0.2, 0) is 0 Å². The standard InChI is InChI=1S/C44H27N3/c1-2-10-28(11-3-1)34-20-22-39-37(25-34)43(35-19-18-29-12-4-5-14-31(29)24-35)46-44(45-39)47-40-23-21-30-13-8-9-17-36(30)42(40)38-26-32-15-6-7-16-33(32)27-41(38)47/h1-27H. The second-order valence-corrected chi connectivity index (χ2v) is 12.3. The van der Waals surface area contributed by atoms with Crippen molar-refractivity contribution in [2.75, 3.05) is 0 Å². The third-order valence-electron chi connectivity index (χ3n) is 9.54. The smallest absolute Gasteiger partial charge is 0.235 e. The molecule has 10 rings (SSSR count). The molecule has 0 aliphatic heterocycles. The highest BCUT2D eigenvalue weighted by Gasteiger charge is 2.20. The van der Waals surface area contributed by atoms with Crippen molar-refractivity contribution in [2.24, 2.45) is 0 Å². The maximum absolute atomic E-state index is 5.47. The van der Waals surface area contributed by atoms with Crippen LogP contribution in [0.2, 0.25) is 0 Å². The third kappa shape index (κ3) is 4.07. The van der Waals surface area contributed by atoms with Crippen LogP contribution in [0.15, 0.2) is 164 Å². The van der Waals surface area contributed by atoms with E-state index >= 15 is 0 Å². The van der Waals surface area contributed by atoms with Gasteiger partial charge in [-0.1, -0.05) is 127 Å². The van der Waals surface area contributed by atoms with Gasteiger partial charge in [-0.3, -0.25) is 4.57 Å². The molecule has 0 saturated carbocycles. The molecule has 218 valence electrons. The minimum absolute atomic E-state index is 0.665. The Morgan fingerprint density at radius 2 is 1.02 bits per heavy atom. The van der Waals surface area contributed by atoms with Crippen molar-refractivity contribution in [1.82, 2.24) is 14.5 Å². The Morgan fingerprint density at radius 1 is 0.362 bits per heavy atom. The van der Waals surface area contributed by atoms with Crippen LogP contribution >= 0.6 is 0 Å². The van der Waals surface area contributed by atoms with Crippen molar-refractivity contribution in [1.29, 1.82) is 0 Å². The van der Waals surface area contributed by atoms with Crippen LogP contribution in [-0.4, -0.2) is 14.5 Å². The Kier molecular flexibility index (Phi) is 5.57. The molecular weight excluding hydrogens is 571 g/mol. The molecule has 0 unspecified atom stereocenters. The Morgan fingerprint density at radius 3 is 1.85 bits per heavy atom. The number of benzene rings is 8. The molecule has 8 aromatic carbocycles. The molecule has 3 nitrogen and oxygen atoms in total. The van der Waals surface area contributed by atoms with Gasteiger partial charge in [0.05, 0.1) is 22.2 Å². The minimum atomic E-state index is 0.665. The number of nitrogens with zero attached hydrogens (tertiary/aromatic N) is 3. The second kappa shape index (κ2) is 10.1. The maximum Gasteiger partial charge on any atom is 0.235 e. The summed E-state index contributed by atoms with van der Waals surface area (Å²) in [7, 11) is 0. The van der Waals surface area contributed by atoms with Crippen molar-refractivity contribution in [3.05, 3.63) is 164 Å². The molecule has 3 heteroatoms. The van der Waals surface area contributed by atoms with E-state index in [4.69, 9.17) is 9.97 Å². The predicted molar refractivity (Wildman–Crippen MR) is 197 cm³/mol. The van der Waals surface area contributed by atoms with E-state index in [1.54, 1.807) is 0 Å². The maximum atomic E-state index is 5.47. The zero-order valence-corrected chi connectivity index (χ0v) is 25.4. The first-order valence-corrected chi connectivity index (χ1v) is 16.0. The summed E-state index contributed by atoms with van der Waals surface area (Å²) in [5.74, 6) is 0.665. The summed E-state index contributed by atoms with van der Waals surface area (Å²) >= 11 is 0. The SMILES string of the molecule is c1ccc(-c2ccc3nc(-n4c5cc6ccccc6cc5c5c6ccccc6ccc54)nc(-c4ccc5ccccc5c4)c3c2)cc1. The van der Waals surface area contributed by atoms with Gasteiger partial charge in [0, 0.05) is 21.7 Å². The van der Waals surface area contributed by atoms with Crippen LogP contribution < -0.4 is 0 Å². The van der Waals surface area contributed by atoms with Gasteiger partial charge >= 0.3 is 0 Å². The Labute approximate surface area is 271 Å². The van der Waals surface area contributed by atoms with E-state index in [-0.39, 0.29) is 0 Å². The van der Waals surface area contributed by atoms with E-state index in [2.05, 4.69) is 168 Å². The molecule has 0 radical (unpaired) electrons. The number of fused-ring (bicyclic) bond motifs is 8. The number of hydrogen-bond acceptors (Lipinski definition) is 2. The van der Waals surface area contributed by atoms with Crippen molar-refractivity contribution in [3.63, 3.8) is 0 Å². The van der Waals surface area contributed by atoms with Crippen LogP contribution in [0.1, 0.15) is 0 Å². The van der Waals surface area contributed by atoms with Gasteiger partial charge in [0.15, 0.2) is 0 Å². The first-order chi connectivity index (χ1) is 23.3. The summed E-state index contributed by atoms with van der Waals surface area (Å²) in [4.78, 5) is 10.8. The third-order valence-corrected chi connectivity index (χ3v) is 9.54. The molecule has 47 heavy (non-hydrogen) atoms. The van der Waals surface area contributed by atoms with Gasteiger partial charge in [0.25, 0.3) is 0 Å². The highest BCUT2D eigenvalue weighted by molar-refractivity contribution is 6.23. The Hall–Kier alpha value is -6.32. The van der Waals surface area contributed by atoms with Crippen LogP contribution in [0.25, 0.3) is 93.4 Å². The molecule has 0 bridgehead atoms. The average Bonchev–Trinajstić information content (AvgIpc) is 3.47. The normalized spacial score (nSPS) is 11.8. The molecule has 0 aliphatic carbocycles. The molecule has 0 atom stereocenters. The summed E-state index contributed by atoms with van der Waals surface area (Å²) in [5.41, 5.74) is 7.41. The highest BCUT2D eigenvalue weighted by atomic mass is 15.2. The van der Waals surface area contributed by atoms with E-state index in [0.29, 0.717) is 5.95 Å². The van der Waals surface area contributed by atoms with Crippen molar-refractivity contribution < 1.29 is 0 Å². The predicted octanol–water partition coefficient (Wildman–Crippen LogP) is 11.5. The van der Waals surface area contributed by atoms with Gasteiger partial charge in [-0.05, 0) is 79.8 Å². The number of rotatable bonds is 3. The molecule has 0 N–H and O–H groups in total. The van der Waals surface area contributed by atoms with E-state index in [1.807, 2.05) is 0 Å². The van der Waals surface area contributed by atoms with E-state index in [1.165, 1.54) is 48.7 Å². The molecular formula is C44H27N3. The molecule has 0 aliphatic rings. The van der Waals surface area contributed by atoms with Crippen molar-refractivity contribution >= 4 is 65.0 Å². The van der Waals surface area contributed by atoms with Crippen LogP contribution in [0, 0.1) is 0 Å². The van der Waals surface area contributed by atoms with Gasteiger partial charge in [-0.15, -0.1) is 0 Å². The molecule has 2 aromatic heterocycles. The number of hydrogen-bond donors (Lipinski definition) is 0. The molecule has 2 heterocycles. The molecule has 0 fully saturated rings. The monoisotopic (exact) mass is 597 g/mol. The lowest BCUT2D eigenvalue weighted by atomic mass is 9.99. The first kappa shape index (κ1) is 26.0. The highest BCUT2D eigenvalue weighted by Crippen LogP contribution is 2.40. The average molecular weight is 598 g/mol. The van der Waals surface area contributed by atoms with Crippen LogP contribution in [0.5, 0.6) is 0 Å². The van der Waals surface area contributed by atoms with Gasteiger partial charge in [0.1, 0.15) is 0 Å². The molecule has 10 aromatic rings. The second-order valence-electron chi connectivity index (χ2n) is 12.3. The van der Waals surface area contributed by atoms with Crippen molar-refractivity contribution in [2.45, 2.75) is 0 Å². The van der Waals surface area contributed by atoms with E-state index in [9.17, 15) is 0 Å². The summed E-state index contributed by atoms with van der Waals surface area (Å²) in [6, 6.07) is 58.5. The van der Waals surface area contributed by atoms with Crippen molar-refractivity contribution in [3.8, 4) is 28.3 Å². The summed E-state index contributed by atoms with van der Waals surface area (Å²) in [5, 5.41) is 10.7. The summed E-state index contributed by atoms with van der Waals surface area (Å²) in [6.07, 6.45) is 0. The number of aromatic nitrogens is 3. The lowest BCUT2D eigenvalue weighted by molar-refractivity contribution is 1.01. The summed E-state index contributed by atoms with van der Waals surface area (Å²) < 4.78 is 2.26. The fraction of sp³-hybridized carbons (Fsp3) is 0. The van der Waals surface area contributed by atoms with Crippen LogP contribution in [0.4, 0.5) is 0 Å². The molecule has 0 amide bonds. The minimum Gasteiger partial charge on any atom is -0.278 e. The fourth-order valence-corrected chi connectivity index (χ4v) is 7.27. The quantitative estimate of drug-likeness (QED) is 0.203. The molecule has 0 saturated heterocycles. The Bertz CT molecular complexity index is 2850. The summed E-state index contributed by atoms with van der Waals surface area (Å²) in [6.45, 7) is 0. The van der Waals surface area contributed by atoms with Gasteiger partial charge in [0.2, 0.25) is 5.95 Å². The lowest BCUT2D eigenvalue weighted by Gasteiger charge is -2.14. The Balaban J connectivity index is 1.33. The largest absolute Gasteiger partial charge is 0.278 e. The lowest BCUT2D eigenvalue weighted by Crippen LogP contribution is -2.03. The van der Waals surface area contributed by atoms with Gasteiger partial charge < -0.3 is 0 Å². The topological polar surface area (TPSA) is 30.7 Å².